The van der Waals surface area contributed by atoms with Crippen LogP contribution < -0.4 is 0 Å². The number of fused-ring (bicyclic) bond motifs is 6. The Morgan fingerprint density at radius 3 is 2.68 bits per heavy atom. The van der Waals surface area contributed by atoms with Gasteiger partial charge in [-0.15, -0.1) is 0 Å². The van der Waals surface area contributed by atoms with E-state index < -0.39 is 11.5 Å². The monoisotopic (exact) mass is 467 g/mol. The zero-order valence-electron chi connectivity index (χ0n) is 20.8. The van der Waals surface area contributed by atoms with Gasteiger partial charge in [-0.3, -0.25) is 9.48 Å². The fraction of sp³-hybridized carbons (Fsp3) is 0.750. The number of pyridine rings is 1. The van der Waals surface area contributed by atoms with Gasteiger partial charge in [0.25, 0.3) is 0 Å². The van der Waals surface area contributed by atoms with Crippen LogP contribution in [0.25, 0.3) is 11.0 Å². The van der Waals surface area contributed by atoms with Crippen molar-refractivity contribution in [2.24, 2.45) is 40.4 Å². The van der Waals surface area contributed by atoms with Crippen LogP contribution in [0.1, 0.15) is 78.6 Å². The maximum Gasteiger partial charge on any atom is 0.214 e. The summed E-state index contributed by atoms with van der Waals surface area (Å²) < 4.78 is 15.1. The molecular formula is C28H38FN3O2. The molecule has 6 rings (SSSR count). The molecule has 4 aliphatic carbocycles. The molecule has 2 heterocycles. The maximum atomic E-state index is 13.6. The highest BCUT2D eigenvalue weighted by molar-refractivity contribution is 5.83. The van der Waals surface area contributed by atoms with E-state index in [1.54, 1.807) is 10.7 Å². The lowest BCUT2D eigenvalue weighted by molar-refractivity contribution is -0.151. The van der Waals surface area contributed by atoms with Gasteiger partial charge in [-0.1, -0.05) is 13.8 Å². The van der Waals surface area contributed by atoms with E-state index >= 15 is 0 Å². The molecule has 6 heteroatoms. The summed E-state index contributed by atoms with van der Waals surface area (Å²) in [6.07, 6.45) is 11.8. The molecule has 1 N–H and O–H groups in total. The van der Waals surface area contributed by atoms with Gasteiger partial charge in [-0.05, 0) is 111 Å². The van der Waals surface area contributed by atoms with Gasteiger partial charge in [-0.2, -0.15) is 14.5 Å². The second-order valence-electron chi connectivity index (χ2n) is 12.9. The summed E-state index contributed by atoms with van der Waals surface area (Å²) in [5.74, 6) is 2.49. The van der Waals surface area contributed by atoms with Crippen LogP contribution in [0.3, 0.4) is 0 Å². The van der Waals surface area contributed by atoms with Gasteiger partial charge in [0.1, 0.15) is 0 Å². The van der Waals surface area contributed by atoms with Crippen LogP contribution >= 0.6 is 0 Å². The normalized spacial score (nSPS) is 43.9. The van der Waals surface area contributed by atoms with E-state index in [0.717, 1.165) is 49.8 Å². The largest absolute Gasteiger partial charge is 0.390 e. The first-order valence-electron chi connectivity index (χ1n) is 13.3. The number of carbonyl (C=O) groups excluding carboxylic acids is 1. The zero-order valence-corrected chi connectivity index (χ0v) is 20.8. The van der Waals surface area contributed by atoms with Gasteiger partial charge in [-0.25, -0.2) is 0 Å². The summed E-state index contributed by atoms with van der Waals surface area (Å²) in [7, 11) is 0. The Morgan fingerprint density at radius 2 is 1.85 bits per heavy atom. The number of ketones is 1. The number of rotatable bonds is 3. The fourth-order valence-electron chi connectivity index (χ4n) is 9.24. The molecular weight excluding hydrogens is 429 g/mol. The average molecular weight is 468 g/mol. The van der Waals surface area contributed by atoms with Crippen molar-refractivity contribution in [2.75, 3.05) is 0 Å². The molecule has 34 heavy (non-hydrogen) atoms. The fourth-order valence-corrected chi connectivity index (χ4v) is 9.24. The molecule has 0 aromatic carbocycles. The summed E-state index contributed by atoms with van der Waals surface area (Å²) in [6, 6.07) is 3.00. The van der Waals surface area contributed by atoms with E-state index in [2.05, 4.69) is 23.9 Å². The van der Waals surface area contributed by atoms with Gasteiger partial charge >= 0.3 is 0 Å². The van der Waals surface area contributed by atoms with Crippen molar-refractivity contribution in [3.05, 3.63) is 24.3 Å². The van der Waals surface area contributed by atoms with Crippen LogP contribution in [0, 0.1) is 46.4 Å². The van der Waals surface area contributed by atoms with Crippen molar-refractivity contribution in [1.82, 2.24) is 14.8 Å². The standard InChI is InChI=1S/C28H38FN3O2/c1-26(34)12-13-27(2)18(14-26)5-6-19-20-7-8-22(28(20,3)11-10-21(19)27)23(33)16-32-15-17-4-9-24(29)30-25(17)31-32/h4,9,15,18-22,34H,5-8,10-14,16H2,1-3H3/t18-,19-,20-,21-,22+,26+,27-,28-/m0/s1. The van der Waals surface area contributed by atoms with Gasteiger partial charge in [0.2, 0.25) is 5.95 Å². The van der Waals surface area contributed by atoms with Crippen LogP contribution in [0.2, 0.25) is 0 Å². The molecule has 4 fully saturated rings. The van der Waals surface area contributed by atoms with Crippen molar-refractivity contribution >= 4 is 16.8 Å². The number of aromatic nitrogens is 3. The molecule has 0 aliphatic heterocycles. The molecule has 8 atom stereocenters. The molecule has 4 aliphatic rings. The number of carbonyl (C=O) groups is 1. The van der Waals surface area contributed by atoms with Gasteiger partial charge < -0.3 is 5.11 Å². The van der Waals surface area contributed by atoms with Gasteiger partial charge in [0.05, 0.1) is 12.1 Å². The first-order valence-corrected chi connectivity index (χ1v) is 13.3. The summed E-state index contributed by atoms with van der Waals surface area (Å²) in [4.78, 5) is 17.4. The van der Waals surface area contributed by atoms with E-state index in [-0.39, 0.29) is 23.7 Å². The molecule has 0 bridgehead atoms. The topological polar surface area (TPSA) is 68.0 Å². The third kappa shape index (κ3) is 3.38. The predicted octanol–water partition coefficient (Wildman–Crippen LogP) is 5.55. The van der Waals surface area contributed by atoms with Crippen LogP contribution in [-0.2, 0) is 11.3 Å². The van der Waals surface area contributed by atoms with Crippen molar-refractivity contribution < 1.29 is 14.3 Å². The molecule has 0 saturated heterocycles. The highest BCUT2D eigenvalue weighted by atomic mass is 19.1. The lowest BCUT2D eigenvalue weighted by atomic mass is 9.44. The number of hydrogen-bond acceptors (Lipinski definition) is 4. The zero-order chi connectivity index (χ0) is 23.9. The van der Waals surface area contributed by atoms with Crippen molar-refractivity contribution in [2.45, 2.75) is 90.7 Å². The van der Waals surface area contributed by atoms with E-state index in [1.807, 2.05) is 13.1 Å². The first kappa shape index (κ1) is 22.6. The smallest absolute Gasteiger partial charge is 0.214 e. The first-order chi connectivity index (χ1) is 16.1. The van der Waals surface area contributed by atoms with Crippen molar-refractivity contribution in [3.8, 4) is 0 Å². The number of hydrogen-bond donors (Lipinski definition) is 1. The van der Waals surface area contributed by atoms with E-state index in [0.29, 0.717) is 28.8 Å². The Labute approximate surface area is 201 Å². The second kappa shape index (κ2) is 7.59. The molecule has 0 spiro atoms. The summed E-state index contributed by atoms with van der Waals surface area (Å²) in [5, 5.41) is 15.9. The SMILES string of the molecule is C[C@@]1(O)CC[C@@]2(C)[C@@H](CC[C@@H]3[C@@H]2CC[C@]2(C)[C@@H](C(=O)Cn4cc5ccc(F)nc5n4)CC[C@@H]32)C1. The quantitative estimate of drug-likeness (QED) is 0.601. The lowest BCUT2D eigenvalue weighted by Gasteiger charge is -2.61. The second-order valence-corrected chi connectivity index (χ2v) is 12.9. The summed E-state index contributed by atoms with van der Waals surface area (Å²) in [6.45, 7) is 7.18. The average Bonchev–Trinajstić information content (AvgIpc) is 3.33. The van der Waals surface area contributed by atoms with E-state index in [1.165, 1.54) is 25.3 Å². The Hall–Kier alpha value is -1.82. The lowest BCUT2D eigenvalue weighted by Crippen LogP contribution is -2.55. The molecule has 0 amide bonds. The third-order valence-corrected chi connectivity index (χ3v) is 11.0. The summed E-state index contributed by atoms with van der Waals surface area (Å²) >= 11 is 0. The molecule has 2 aromatic heterocycles. The van der Waals surface area contributed by atoms with E-state index in [4.69, 9.17) is 0 Å². The number of halogens is 1. The van der Waals surface area contributed by atoms with Crippen LogP contribution in [0.15, 0.2) is 18.3 Å². The molecule has 184 valence electrons. The van der Waals surface area contributed by atoms with Crippen LogP contribution in [0.4, 0.5) is 4.39 Å². The number of aliphatic hydroxyl groups is 1. The van der Waals surface area contributed by atoms with Gasteiger partial charge in [0, 0.05) is 17.5 Å². The molecule has 2 aromatic rings. The minimum absolute atomic E-state index is 0.0680. The predicted molar refractivity (Wildman–Crippen MR) is 128 cm³/mol. The Bertz CT molecular complexity index is 1130. The van der Waals surface area contributed by atoms with Crippen molar-refractivity contribution in [1.29, 1.82) is 0 Å². The highest BCUT2D eigenvalue weighted by Crippen LogP contribution is 2.68. The molecule has 4 saturated carbocycles. The highest BCUT2D eigenvalue weighted by Gasteiger charge is 2.61. The third-order valence-electron chi connectivity index (χ3n) is 11.0. The van der Waals surface area contributed by atoms with Crippen LogP contribution in [0.5, 0.6) is 0 Å². The van der Waals surface area contributed by atoms with E-state index in [9.17, 15) is 14.3 Å². The van der Waals surface area contributed by atoms with Crippen molar-refractivity contribution in [3.63, 3.8) is 0 Å². The Balaban J connectivity index is 1.20. The Kier molecular flexibility index (Phi) is 5.05. The van der Waals surface area contributed by atoms with Crippen LogP contribution in [-0.4, -0.2) is 31.3 Å². The number of Topliss-reactive ketones (excluding diaryl/α,β-unsaturated/α-hetero) is 1. The maximum absolute atomic E-state index is 13.6. The molecule has 0 unspecified atom stereocenters. The minimum Gasteiger partial charge on any atom is -0.390 e. The van der Waals surface area contributed by atoms with Gasteiger partial charge in [0.15, 0.2) is 11.4 Å². The summed E-state index contributed by atoms with van der Waals surface area (Å²) in [5.41, 5.74) is 0.272. The Morgan fingerprint density at radius 1 is 1.06 bits per heavy atom. The molecule has 5 nitrogen and oxygen atoms in total. The number of nitrogens with zero attached hydrogens (tertiary/aromatic N) is 3. The minimum atomic E-state index is -0.544. The molecule has 0 radical (unpaired) electrons.